The van der Waals surface area contributed by atoms with Crippen LogP contribution in [0.15, 0.2) is 39.4 Å². The highest BCUT2D eigenvalue weighted by molar-refractivity contribution is 9.10. The van der Waals surface area contributed by atoms with Crippen LogP contribution < -0.4 is 10.4 Å². The van der Waals surface area contributed by atoms with Gasteiger partial charge in [0.25, 0.3) is 11.6 Å². The van der Waals surface area contributed by atoms with Crippen LogP contribution in [-0.2, 0) is 0 Å². The summed E-state index contributed by atoms with van der Waals surface area (Å²) in [5, 5.41) is 24.3. The zero-order chi connectivity index (χ0) is 14.0. The molecule has 7 nitrogen and oxygen atoms in total. The van der Waals surface area contributed by atoms with Crippen LogP contribution in [0.2, 0.25) is 0 Å². The first-order chi connectivity index (χ1) is 8.97. The number of hydrogen-bond donors (Lipinski definition) is 1. The molecule has 1 N–H and O–H groups in total. The summed E-state index contributed by atoms with van der Waals surface area (Å²) < 4.78 is 5.36. The molecule has 1 heterocycles. The molecule has 0 aliphatic rings. The lowest BCUT2D eigenvalue weighted by Gasteiger charge is -2.12. The zero-order valence-corrected chi connectivity index (χ0v) is 10.8. The van der Waals surface area contributed by atoms with Crippen molar-refractivity contribution in [2.75, 3.05) is 5.32 Å². The standard InChI is InChI=1S/C11H7BrN2O5/c12-10-4-3-9(19-10)11(16)13-7-5-6(14(17)18)1-2-8(7)15/h1-5,15H,(H,13,16)/p-1. The van der Waals surface area contributed by atoms with Crippen molar-refractivity contribution < 1.29 is 19.2 Å². The number of nitro benzene ring substituents is 1. The summed E-state index contributed by atoms with van der Waals surface area (Å²) in [6.45, 7) is 0. The third-order valence-corrected chi connectivity index (χ3v) is 2.65. The van der Waals surface area contributed by atoms with Gasteiger partial charge in [0.15, 0.2) is 10.4 Å². The number of halogens is 1. The molecule has 1 amide bonds. The number of nitrogens with zero attached hydrogens (tertiary/aromatic N) is 1. The second kappa shape index (κ2) is 5.11. The summed E-state index contributed by atoms with van der Waals surface area (Å²) in [4.78, 5) is 21.7. The van der Waals surface area contributed by atoms with Crippen LogP contribution in [0, 0.1) is 10.1 Å². The Balaban J connectivity index is 2.25. The minimum atomic E-state index is -0.664. The molecule has 19 heavy (non-hydrogen) atoms. The summed E-state index contributed by atoms with van der Waals surface area (Å²) >= 11 is 3.03. The van der Waals surface area contributed by atoms with Crippen LogP contribution in [0.3, 0.4) is 0 Å². The van der Waals surface area contributed by atoms with Crippen molar-refractivity contribution in [1.82, 2.24) is 0 Å². The fourth-order valence-corrected chi connectivity index (χ4v) is 1.66. The van der Waals surface area contributed by atoms with Gasteiger partial charge in [-0.2, -0.15) is 0 Å². The van der Waals surface area contributed by atoms with E-state index in [0.717, 1.165) is 18.2 Å². The maximum Gasteiger partial charge on any atom is 0.291 e. The van der Waals surface area contributed by atoms with Crippen molar-refractivity contribution in [2.45, 2.75) is 0 Å². The maximum absolute atomic E-state index is 11.7. The van der Waals surface area contributed by atoms with E-state index in [2.05, 4.69) is 21.2 Å². The summed E-state index contributed by atoms with van der Waals surface area (Å²) in [5.74, 6) is -1.20. The molecule has 0 saturated carbocycles. The van der Waals surface area contributed by atoms with Crippen molar-refractivity contribution in [3.63, 3.8) is 0 Å². The predicted molar refractivity (Wildman–Crippen MR) is 66.9 cm³/mol. The highest BCUT2D eigenvalue weighted by Gasteiger charge is 2.13. The molecule has 0 aliphatic carbocycles. The SMILES string of the molecule is O=C(Nc1cc([N+](=O)[O-])ccc1[O-])c1ccc(Br)o1. The van der Waals surface area contributed by atoms with E-state index in [1.807, 2.05) is 0 Å². The van der Waals surface area contributed by atoms with Crippen LogP contribution >= 0.6 is 15.9 Å². The number of anilines is 1. The molecule has 1 aromatic heterocycles. The Kier molecular flexibility index (Phi) is 3.52. The monoisotopic (exact) mass is 325 g/mol. The van der Waals surface area contributed by atoms with Gasteiger partial charge in [0.2, 0.25) is 0 Å². The Morgan fingerprint density at radius 2 is 2.05 bits per heavy atom. The minimum Gasteiger partial charge on any atom is -0.871 e. The number of furan rings is 1. The highest BCUT2D eigenvalue weighted by atomic mass is 79.9. The lowest BCUT2D eigenvalue weighted by atomic mass is 10.2. The van der Waals surface area contributed by atoms with Crippen LogP contribution in [0.1, 0.15) is 10.6 Å². The van der Waals surface area contributed by atoms with Gasteiger partial charge in [-0.15, -0.1) is 0 Å². The van der Waals surface area contributed by atoms with E-state index >= 15 is 0 Å². The molecule has 1 aromatic carbocycles. The molecule has 2 aromatic rings. The Morgan fingerprint density at radius 3 is 2.63 bits per heavy atom. The summed E-state index contributed by atoms with van der Waals surface area (Å²) in [6, 6.07) is 6.01. The fourth-order valence-electron chi connectivity index (χ4n) is 1.35. The lowest BCUT2D eigenvalue weighted by Crippen LogP contribution is -2.12. The van der Waals surface area contributed by atoms with E-state index in [4.69, 9.17) is 4.42 Å². The summed E-state index contributed by atoms with van der Waals surface area (Å²) in [5.41, 5.74) is -0.456. The summed E-state index contributed by atoms with van der Waals surface area (Å²) in [6.07, 6.45) is 0. The predicted octanol–water partition coefficient (Wildman–Crippen LogP) is 2.28. The first-order valence-electron chi connectivity index (χ1n) is 4.99. The number of non-ortho nitro benzene ring substituents is 1. The zero-order valence-electron chi connectivity index (χ0n) is 9.25. The van der Waals surface area contributed by atoms with Crippen molar-refractivity contribution >= 4 is 33.2 Å². The van der Waals surface area contributed by atoms with Crippen LogP contribution in [0.5, 0.6) is 5.75 Å². The maximum atomic E-state index is 11.7. The van der Waals surface area contributed by atoms with Gasteiger partial charge in [0.05, 0.1) is 4.92 Å². The third kappa shape index (κ3) is 2.91. The molecule has 0 saturated heterocycles. The Labute approximate surface area is 115 Å². The van der Waals surface area contributed by atoms with Crippen LogP contribution in [0.4, 0.5) is 11.4 Å². The average Bonchev–Trinajstić information content (AvgIpc) is 2.78. The Hall–Kier alpha value is -2.35. The number of rotatable bonds is 3. The number of amides is 1. The number of hydrogen-bond acceptors (Lipinski definition) is 5. The van der Waals surface area contributed by atoms with Crippen LogP contribution in [0.25, 0.3) is 0 Å². The first kappa shape index (κ1) is 13.1. The minimum absolute atomic E-state index is 0.0159. The van der Waals surface area contributed by atoms with Gasteiger partial charge in [-0.1, -0.05) is 11.8 Å². The van der Waals surface area contributed by atoms with Crippen molar-refractivity contribution in [2.24, 2.45) is 0 Å². The molecular formula is C11H6BrN2O5-. The van der Waals surface area contributed by atoms with Gasteiger partial charge < -0.3 is 14.8 Å². The van der Waals surface area contributed by atoms with Crippen molar-refractivity contribution in [1.29, 1.82) is 0 Å². The quantitative estimate of drug-likeness (QED) is 0.687. The molecule has 0 spiro atoms. The van der Waals surface area contributed by atoms with E-state index in [-0.39, 0.29) is 17.1 Å². The Bertz CT molecular complexity index is 652. The Morgan fingerprint density at radius 1 is 1.32 bits per heavy atom. The van der Waals surface area contributed by atoms with Crippen molar-refractivity contribution in [3.05, 3.63) is 50.9 Å². The normalized spacial score (nSPS) is 10.2. The molecule has 0 aliphatic heterocycles. The second-order valence-corrected chi connectivity index (χ2v) is 4.28. The molecule has 2 rings (SSSR count). The van der Waals surface area contributed by atoms with Gasteiger partial charge in [0, 0.05) is 17.8 Å². The molecule has 0 radical (unpaired) electrons. The fraction of sp³-hybridized carbons (Fsp3) is 0. The molecular weight excluding hydrogens is 320 g/mol. The third-order valence-electron chi connectivity index (χ3n) is 2.22. The van der Waals surface area contributed by atoms with E-state index in [0.29, 0.717) is 4.67 Å². The lowest BCUT2D eigenvalue weighted by molar-refractivity contribution is -0.385. The van der Waals surface area contributed by atoms with Gasteiger partial charge in [-0.25, -0.2) is 0 Å². The number of nitro groups is 1. The molecule has 98 valence electrons. The van der Waals surface area contributed by atoms with Gasteiger partial charge in [0.1, 0.15) is 0 Å². The van der Waals surface area contributed by atoms with Gasteiger partial charge in [-0.3, -0.25) is 14.9 Å². The number of carbonyl (C=O) groups is 1. The van der Waals surface area contributed by atoms with Crippen molar-refractivity contribution in [3.8, 4) is 5.75 Å². The molecule has 8 heteroatoms. The smallest absolute Gasteiger partial charge is 0.291 e. The number of benzene rings is 1. The molecule has 0 unspecified atom stereocenters. The average molecular weight is 326 g/mol. The second-order valence-electron chi connectivity index (χ2n) is 3.50. The molecule has 0 atom stereocenters. The molecule has 0 bridgehead atoms. The number of nitrogens with one attached hydrogen (secondary N) is 1. The van der Waals surface area contributed by atoms with Gasteiger partial charge in [-0.05, 0) is 28.1 Å². The van der Waals surface area contributed by atoms with Crippen LogP contribution in [-0.4, -0.2) is 10.8 Å². The van der Waals surface area contributed by atoms with E-state index in [9.17, 15) is 20.0 Å². The first-order valence-corrected chi connectivity index (χ1v) is 5.79. The van der Waals surface area contributed by atoms with E-state index in [1.54, 1.807) is 0 Å². The molecule has 0 fully saturated rings. The topological polar surface area (TPSA) is 108 Å². The number of carbonyl (C=O) groups excluding carboxylic acids is 1. The highest BCUT2D eigenvalue weighted by Crippen LogP contribution is 2.26. The van der Waals surface area contributed by atoms with E-state index in [1.165, 1.54) is 12.1 Å². The summed E-state index contributed by atoms with van der Waals surface area (Å²) in [7, 11) is 0. The van der Waals surface area contributed by atoms with E-state index < -0.39 is 16.6 Å². The largest absolute Gasteiger partial charge is 0.871 e. The van der Waals surface area contributed by atoms with Gasteiger partial charge >= 0.3 is 0 Å².